The Morgan fingerprint density at radius 2 is 1.91 bits per heavy atom. The Labute approximate surface area is 208 Å². The molecule has 0 aliphatic heterocycles. The molecule has 0 fully saturated rings. The number of hydrogen-bond donors (Lipinski definition) is 1. The zero-order valence-corrected chi connectivity index (χ0v) is 22.1. The van der Waals surface area contributed by atoms with Crippen LogP contribution in [0.2, 0.25) is 0 Å². The summed E-state index contributed by atoms with van der Waals surface area (Å²) in [5.41, 5.74) is 4.73. The van der Waals surface area contributed by atoms with E-state index in [4.69, 9.17) is 4.74 Å². The number of pyridine rings is 2. The lowest BCUT2D eigenvalue weighted by Gasteiger charge is -2.15. The van der Waals surface area contributed by atoms with Crippen molar-refractivity contribution in [3.05, 3.63) is 53.5 Å². The zero-order valence-electron chi connectivity index (χ0n) is 21.3. The fourth-order valence-electron chi connectivity index (χ4n) is 3.34. The molecule has 2 aromatic heterocycles. The summed E-state index contributed by atoms with van der Waals surface area (Å²) < 4.78 is 32.1. The predicted octanol–water partition coefficient (Wildman–Crippen LogP) is 5.81. The SMILES string of the molecule is CCC(C)c1c(N=C(C)C)cnc2nc(OC)ccc12.CCc1ccc(S(=O)NC(C)=O)c(F)c1. The minimum Gasteiger partial charge on any atom is -0.481 e. The summed E-state index contributed by atoms with van der Waals surface area (Å²) in [5, 5.41) is 1.06. The van der Waals surface area contributed by atoms with Crippen molar-refractivity contribution in [3.63, 3.8) is 0 Å². The van der Waals surface area contributed by atoms with E-state index in [1.54, 1.807) is 13.2 Å². The molecule has 2 atom stereocenters. The van der Waals surface area contributed by atoms with E-state index >= 15 is 0 Å². The number of methoxy groups -OCH3 is 1. The monoisotopic (exact) mass is 500 g/mol. The molecule has 0 radical (unpaired) electrons. The molecule has 1 N–H and O–H groups in total. The molecule has 2 heterocycles. The number of hydrogen-bond acceptors (Lipinski definition) is 6. The Balaban J connectivity index is 0.000000258. The molecule has 1 aromatic carbocycles. The van der Waals surface area contributed by atoms with Gasteiger partial charge < -0.3 is 4.74 Å². The Hall–Kier alpha value is -3.20. The number of aliphatic imine (C=N–C) groups is 1. The number of nitrogens with one attached hydrogen (secondary N) is 1. The fraction of sp³-hybridized carbons (Fsp3) is 0.385. The van der Waals surface area contributed by atoms with Crippen LogP contribution in [0.25, 0.3) is 11.0 Å². The van der Waals surface area contributed by atoms with Gasteiger partial charge in [0.15, 0.2) is 16.6 Å². The second-order valence-electron chi connectivity index (χ2n) is 8.20. The van der Waals surface area contributed by atoms with Gasteiger partial charge in [0, 0.05) is 24.1 Å². The quantitative estimate of drug-likeness (QED) is 0.413. The van der Waals surface area contributed by atoms with Gasteiger partial charge >= 0.3 is 0 Å². The van der Waals surface area contributed by atoms with Gasteiger partial charge in [0.2, 0.25) is 11.8 Å². The topological polar surface area (TPSA) is 93.5 Å². The summed E-state index contributed by atoms with van der Waals surface area (Å²) in [6.07, 6.45) is 3.57. The van der Waals surface area contributed by atoms with Crippen molar-refractivity contribution in [2.24, 2.45) is 4.99 Å². The number of aryl methyl sites for hydroxylation is 1. The van der Waals surface area contributed by atoms with Gasteiger partial charge in [-0.1, -0.05) is 26.8 Å². The van der Waals surface area contributed by atoms with Crippen LogP contribution in [0.1, 0.15) is 65.0 Å². The minimum atomic E-state index is -1.81. The molecule has 3 aromatic rings. The number of aromatic nitrogens is 2. The third kappa shape index (κ3) is 7.65. The Bertz CT molecular complexity index is 1240. The normalized spacial score (nSPS) is 12.2. The van der Waals surface area contributed by atoms with E-state index in [-0.39, 0.29) is 4.90 Å². The fourth-order valence-corrected chi connectivity index (χ4v) is 4.13. The van der Waals surface area contributed by atoms with Crippen LogP contribution in [0.5, 0.6) is 5.88 Å². The van der Waals surface area contributed by atoms with Crippen LogP contribution in [0, 0.1) is 5.82 Å². The molecule has 3 rings (SSSR count). The van der Waals surface area contributed by atoms with E-state index in [0.717, 1.165) is 28.8 Å². The van der Waals surface area contributed by atoms with Crippen LogP contribution >= 0.6 is 0 Å². The van der Waals surface area contributed by atoms with Crippen molar-refractivity contribution < 1.29 is 18.1 Å². The highest BCUT2D eigenvalue weighted by atomic mass is 32.2. The first-order valence-electron chi connectivity index (χ1n) is 11.4. The molecule has 2 unspecified atom stereocenters. The first kappa shape index (κ1) is 28.0. The molecule has 35 heavy (non-hydrogen) atoms. The van der Waals surface area contributed by atoms with E-state index in [9.17, 15) is 13.4 Å². The Morgan fingerprint density at radius 3 is 2.46 bits per heavy atom. The molecular formula is C26H33FN4O3S. The van der Waals surface area contributed by atoms with Gasteiger partial charge in [0.25, 0.3) is 0 Å². The second-order valence-corrected chi connectivity index (χ2v) is 9.38. The molecule has 188 valence electrons. The zero-order chi connectivity index (χ0) is 26.1. The highest BCUT2D eigenvalue weighted by Gasteiger charge is 2.15. The van der Waals surface area contributed by atoms with Crippen molar-refractivity contribution in [2.45, 2.75) is 65.2 Å². The highest BCUT2D eigenvalue weighted by Crippen LogP contribution is 2.34. The average molecular weight is 501 g/mol. The number of nitrogens with zero attached hydrogens (tertiary/aromatic N) is 3. The molecule has 0 aliphatic carbocycles. The summed E-state index contributed by atoms with van der Waals surface area (Å²) in [7, 11) is -0.196. The number of ether oxygens (including phenoxy) is 1. The smallest absolute Gasteiger partial charge is 0.228 e. The molecule has 0 aliphatic rings. The van der Waals surface area contributed by atoms with Gasteiger partial charge in [-0.3, -0.25) is 14.5 Å². The summed E-state index contributed by atoms with van der Waals surface area (Å²) in [5.74, 6) is -0.00875. The van der Waals surface area contributed by atoms with Gasteiger partial charge in [-0.15, -0.1) is 0 Å². The van der Waals surface area contributed by atoms with Crippen LogP contribution in [-0.4, -0.2) is 32.9 Å². The maximum Gasteiger partial charge on any atom is 0.228 e. The molecule has 0 spiro atoms. The van der Waals surface area contributed by atoms with E-state index < -0.39 is 22.7 Å². The Kier molecular flexibility index (Phi) is 10.4. The standard InChI is InChI=1S/C16H21N3O.C10H12FNO2S/c1-6-11(4)15-12-7-8-14(20-5)19-16(12)17-9-13(15)18-10(2)3;1-3-8-4-5-10(9(11)6-8)15(14)12-7(2)13/h7-9,11H,6H2,1-5H3;4-6H,3H2,1-2H3,(H,12,13). The van der Waals surface area contributed by atoms with Crippen molar-refractivity contribution >= 4 is 39.3 Å². The minimum absolute atomic E-state index is 0.00222. The number of benzene rings is 1. The van der Waals surface area contributed by atoms with Crippen LogP contribution in [0.3, 0.4) is 0 Å². The van der Waals surface area contributed by atoms with Gasteiger partial charge in [0.05, 0.1) is 23.9 Å². The van der Waals surface area contributed by atoms with Crippen LogP contribution in [0.4, 0.5) is 10.1 Å². The van der Waals surface area contributed by atoms with Crippen molar-refractivity contribution in [3.8, 4) is 5.88 Å². The first-order chi connectivity index (χ1) is 16.6. The van der Waals surface area contributed by atoms with Crippen LogP contribution in [0.15, 0.2) is 46.4 Å². The molecule has 1 amide bonds. The summed E-state index contributed by atoms with van der Waals surface area (Å²) >= 11 is 0. The van der Waals surface area contributed by atoms with E-state index in [1.807, 2.05) is 39.1 Å². The summed E-state index contributed by atoms with van der Waals surface area (Å²) in [6.45, 7) is 11.5. The molecular weight excluding hydrogens is 467 g/mol. The average Bonchev–Trinajstić information content (AvgIpc) is 2.82. The van der Waals surface area contributed by atoms with Gasteiger partial charge in [0.1, 0.15) is 5.82 Å². The summed E-state index contributed by atoms with van der Waals surface area (Å²) in [6, 6.07) is 8.36. The number of rotatable bonds is 7. The molecule has 0 saturated heterocycles. The highest BCUT2D eigenvalue weighted by molar-refractivity contribution is 7.83. The predicted molar refractivity (Wildman–Crippen MR) is 139 cm³/mol. The van der Waals surface area contributed by atoms with E-state index in [0.29, 0.717) is 23.9 Å². The van der Waals surface area contributed by atoms with Crippen molar-refractivity contribution in [1.82, 2.24) is 14.7 Å². The van der Waals surface area contributed by atoms with Gasteiger partial charge in [-0.05, 0) is 61.9 Å². The van der Waals surface area contributed by atoms with Gasteiger partial charge in [-0.2, -0.15) is 4.98 Å². The first-order valence-corrected chi connectivity index (χ1v) is 12.6. The van der Waals surface area contributed by atoms with Crippen LogP contribution < -0.4 is 9.46 Å². The maximum absolute atomic E-state index is 13.4. The third-order valence-corrected chi connectivity index (χ3v) is 6.43. The van der Waals surface area contributed by atoms with Crippen molar-refractivity contribution in [1.29, 1.82) is 0 Å². The van der Waals surface area contributed by atoms with E-state index in [2.05, 4.69) is 33.5 Å². The number of carbonyl (C=O) groups is 1. The molecule has 9 heteroatoms. The second kappa shape index (κ2) is 13.0. The number of fused-ring (bicyclic) bond motifs is 1. The number of carbonyl (C=O) groups excluding carboxylic acids is 1. The lowest BCUT2D eigenvalue weighted by atomic mass is 9.94. The molecule has 0 saturated carbocycles. The summed E-state index contributed by atoms with van der Waals surface area (Å²) in [4.78, 5) is 24.1. The largest absolute Gasteiger partial charge is 0.481 e. The maximum atomic E-state index is 13.4. The molecule has 7 nitrogen and oxygen atoms in total. The van der Waals surface area contributed by atoms with Crippen molar-refractivity contribution in [2.75, 3.05) is 7.11 Å². The van der Waals surface area contributed by atoms with Crippen LogP contribution in [-0.2, 0) is 22.2 Å². The number of amides is 1. The lowest BCUT2D eigenvalue weighted by molar-refractivity contribution is -0.117. The lowest BCUT2D eigenvalue weighted by Crippen LogP contribution is -2.23. The van der Waals surface area contributed by atoms with E-state index in [1.165, 1.54) is 24.6 Å². The Morgan fingerprint density at radius 1 is 1.20 bits per heavy atom. The number of halogens is 1. The third-order valence-electron chi connectivity index (χ3n) is 5.22. The molecule has 0 bridgehead atoms. The van der Waals surface area contributed by atoms with Gasteiger partial charge in [-0.25, -0.2) is 13.6 Å².